The summed E-state index contributed by atoms with van der Waals surface area (Å²) in [6, 6.07) is 5.73. The number of aromatic nitrogens is 3. The van der Waals surface area contributed by atoms with E-state index in [4.69, 9.17) is 0 Å². The normalized spacial score (nSPS) is 18.0. The van der Waals surface area contributed by atoms with E-state index >= 15 is 0 Å². The van der Waals surface area contributed by atoms with Crippen LogP contribution in [0, 0.1) is 5.82 Å². The van der Waals surface area contributed by atoms with Gasteiger partial charge in [0.1, 0.15) is 17.5 Å². The lowest BCUT2D eigenvalue weighted by Gasteiger charge is -2.32. The Morgan fingerprint density at radius 2 is 2.00 bits per heavy atom. The summed E-state index contributed by atoms with van der Waals surface area (Å²) in [4.78, 5) is 16.6. The van der Waals surface area contributed by atoms with Gasteiger partial charge in [-0.05, 0) is 51.2 Å². The minimum absolute atomic E-state index is 0.0552. The lowest BCUT2D eigenvalue weighted by Crippen LogP contribution is -2.39. The van der Waals surface area contributed by atoms with Gasteiger partial charge in [0.15, 0.2) is 0 Å². The molecule has 25 heavy (non-hydrogen) atoms. The summed E-state index contributed by atoms with van der Waals surface area (Å²) in [6.45, 7) is 2.06. The Hall–Kier alpha value is -2.28. The van der Waals surface area contributed by atoms with Crippen LogP contribution in [0.1, 0.15) is 40.8 Å². The highest BCUT2D eigenvalue weighted by Crippen LogP contribution is 2.27. The SMILES string of the molecule is CN(C)Cc1nnc([C@@H]2CCCN(C(=O)c3ccc(F)cc3)C2)n1C. The Kier molecular flexibility index (Phi) is 5.13. The molecule has 1 aliphatic rings. The summed E-state index contributed by atoms with van der Waals surface area (Å²) in [5, 5.41) is 8.66. The fraction of sp³-hybridized carbons (Fsp3) is 0.500. The summed E-state index contributed by atoms with van der Waals surface area (Å²) in [7, 11) is 5.98. The van der Waals surface area contributed by atoms with Gasteiger partial charge in [0, 0.05) is 31.6 Å². The second kappa shape index (κ2) is 7.31. The molecule has 0 bridgehead atoms. The second-order valence-electron chi connectivity index (χ2n) is 6.87. The van der Waals surface area contributed by atoms with E-state index in [2.05, 4.69) is 15.1 Å². The molecule has 1 fully saturated rings. The number of carbonyl (C=O) groups excluding carboxylic acids is 1. The molecule has 7 heteroatoms. The summed E-state index contributed by atoms with van der Waals surface area (Å²) in [5.41, 5.74) is 0.522. The maximum Gasteiger partial charge on any atom is 0.253 e. The molecule has 0 spiro atoms. The van der Waals surface area contributed by atoms with Gasteiger partial charge in [0.25, 0.3) is 5.91 Å². The van der Waals surface area contributed by atoms with Gasteiger partial charge in [-0.3, -0.25) is 4.79 Å². The topological polar surface area (TPSA) is 54.3 Å². The molecule has 6 nitrogen and oxygen atoms in total. The zero-order chi connectivity index (χ0) is 18.0. The molecule has 1 saturated heterocycles. The van der Waals surface area contributed by atoms with Gasteiger partial charge in [-0.2, -0.15) is 0 Å². The fourth-order valence-electron chi connectivity index (χ4n) is 3.30. The first kappa shape index (κ1) is 17.5. The molecule has 0 unspecified atom stereocenters. The molecule has 0 radical (unpaired) electrons. The lowest BCUT2D eigenvalue weighted by atomic mass is 9.96. The Morgan fingerprint density at radius 1 is 1.28 bits per heavy atom. The summed E-state index contributed by atoms with van der Waals surface area (Å²) >= 11 is 0. The Bertz CT molecular complexity index is 740. The van der Waals surface area contributed by atoms with Crippen molar-refractivity contribution in [3.63, 3.8) is 0 Å². The number of nitrogens with zero attached hydrogens (tertiary/aromatic N) is 5. The van der Waals surface area contributed by atoms with Crippen LogP contribution in [-0.2, 0) is 13.6 Å². The molecule has 0 N–H and O–H groups in total. The van der Waals surface area contributed by atoms with Gasteiger partial charge >= 0.3 is 0 Å². The van der Waals surface area contributed by atoms with Gasteiger partial charge in [0.2, 0.25) is 0 Å². The van der Waals surface area contributed by atoms with Crippen LogP contribution >= 0.6 is 0 Å². The molecular formula is C18H24FN5O. The zero-order valence-corrected chi connectivity index (χ0v) is 14.9. The van der Waals surface area contributed by atoms with E-state index in [1.807, 2.05) is 30.6 Å². The molecule has 134 valence electrons. The van der Waals surface area contributed by atoms with Crippen molar-refractivity contribution in [2.24, 2.45) is 7.05 Å². The van der Waals surface area contributed by atoms with Gasteiger partial charge in [-0.1, -0.05) is 0 Å². The van der Waals surface area contributed by atoms with Crippen LogP contribution in [0.25, 0.3) is 0 Å². The van der Waals surface area contributed by atoms with Gasteiger partial charge in [-0.25, -0.2) is 4.39 Å². The van der Waals surface area contributed by atoms with E-state index in [1.54, 1.807) is 12.1 Å². The van der Waals surface area contributed by atoms with Gasteiger partial charge in [-0.15, -0.1) is 10.2 Å². The minimum atomic E-state index is -0.333. The highest BCUT2D eigenvalue weighted by atomic mass is 19.1. The van der Waals surface area contributed by atoms with Crippen molar-refractivity contribution in [1.29, 1.82) is 0 Å². The minimum Gasteiger partial charge on any atom is -0.338 e. The van der Waals surface area contributed by atoms with E-state index < -0.39 is 0 Å². The van der Waals surface area contributed by atoms with Crippen LogP contribution < -0.4 is 0 Å². The summed E-state index contributed by atoms with van der Waals surface area (Å²) < 4.78 is 15.1. The van der Waals surface area contributed by atoms with E-state index in [9.17, 15) is 9.18 Å². The standard InChI is InChI=1S/C18H24FN5O/c1-22(2)12-16-20-21-17(23(16)3)14-5-4-10-24(11-14)18(25)13-6-8-15(19)9-7-13/h6-9,14H,4-5,10-12H2,1-3H3/t14-/m1/s1. The molecule has 1 amide bonds. The monoisotopic (exact) mass is 345 g/mol. The van der Waals surface area contributed by atoms with E-state index in [0.29, 0.717) is 12.1 Å². The molecule has 1 aliphatic heterocycles. The van der Waals surface area contributed by atoms with Crippen LogP contribution in [-0.4, -0.2) is 57.7 Å². The third-order valence-electron chi connectivity index (χ3n) is 4.62. The number of piperidine rings is 1. The second-order valence-corrected chi connectivity index (χ2v) is 6.87. The smallest absolute Gasteiger partial charge is 0.253 e. The molecule has 2 aromatic rings. The Morgan fingerprint density at radius 3 is 2.68 bits per heavy atom. The van der Waals surface area contributed by atoms with Gasteiger partial charge < -0.3 is 14.4 Å². The van der Waals surface area contributed by atoms with Crippen molar-refractivity contribution in [2.45, 2.75) is 25.3 Å². The molecule has 1 aromatic carbocycles. The van der Waals surface area contributed by atoms with Crippen LogP contribution in [0.15, 0.2) is 24.3 Å². The third-order valence-corrected chi connectivity index (χ3v) is 4.62. The quantitative estimate of drug-likeness (QED) is 0.851. The first-order chi connectivity index (χ1) is 12.0. The Balaban J connectivity index is 1.74. The number of hydrogen-bond donors (Lipinski definition) is 0. The number of amides is 1. The van der Waals surface area contributed by atoms with Crippen LogP contribution in [0.4, 0.5) is 4.39 Å². The molecule has 1 atom stereocenters. The van der Waals surface area contributed by atoms with E-state index in [1.165, 1.54) is 12.1 Å². The predicted molar refractivity (Wildman–Crippen MR) is 92.7 cm³/mol. The third kappa shape index (κ3) is 3.87. The average Bonchev–Trinajstić information content (AvgIpc) is 2.95. The van der Waals surface area contributed by atoms with Crippen molar-refractivity contribution in [1.82, 2.24) is 24.6 Å². The molecule has 3 rings (SSSR count). The highest BCUT2D eigenvalue weighted by Gasteiger charge is 2.28. The largest absolute Gasteiger partial charge is 0.338 e. The number of benzene rings is 1. The summed E-state index contributed by atoms with van der Waals surface area (Å²) in [5.74, 6) is 1.63. The first-order valence-electron chi connectivity index (χ1n) is 8.53. The molecule has 2 heterocycles. The molecule has 0 saturated carbocycles. The van der Waals surface area contributed by atoms with Crippen molar-refractivity contribution in [3.05, 3.63) is 47.3 Å². The van der Waals surface area contributed by atoms with E-state index in [0.717, 1.165) is 37.6 Å². The maximum absolute atomic E-state index is 13.1. The van der Waals surface area contributed by atoms with Crippen molar-refractivity contribution in [3.8, 4) is 0 Å². The predicted octanol–water partition coefficient (Wildman–Crippen LogP) is 2.04. The van der Waals surface area contributed by atoms with Crippen molar-refractivity contribution in [2.75, 3.05) is 27.2 Å². The fourth-order valence-corrected chi connectivity index (χ4v) is 3.30. The average molecular weight is 345 g/mol. The first-order valence-corrected chi connectivity index (χ1v) is 8.53. The summed E-state index contributed by atoms with van der Waals surface area (Å²) in [6.07, 6.45) is 1.91. The van der Waals surface area contributed by atoms with E-state index in [-0.39, 0.29) is 17.6 Å². The van der Waals surface area contributed by atoms with Gasteiger partial charge in [0.05, 0.1) is 6.54 Å². The number of rotatable bonds is 4. The van der Waals surface area contributed by atoms with Crippen LogP contribution in [0.5, 0.6) is 0 Å². The van der Waals surface area contributed by atoms with Crippen LogP contribution in [0.3, 0.4) is 0 Å². The van der Waals surface area contributed by atoms with Crippen molar-refractivity contribution >= 4 is 5.91 Å². The van der Waals surface area contributed by atoms with Crippen molar-refractivity contribution < 1.29 is 9.18 Å². The molecule has 0 aliphatic carbocycles. The number of halogens is 1. The Labute approximate surface area is 147 Å². The number of hydrogen-bond acceptors (Lipinski definition) is 4. The number of carbonyl (C=O) groups is 1. The molecule has 1 aromatic heterocycles. The lowest BCUT2D eigenvalue weighted by molar-refractivity contribution is 0.0703. The zero-order valence-electron chi connectivity index (χ0n) is 14.9. The van der Waals surface area contributed by atoms with Crippen LogP contribution in [0.2, 0.25) is 0 Å². The highest BCUT2D eigenvalue weighted by molar-refractivity contribution is 5.94. The molecular weight excluding hydrogens is 321 g/mol. The number of likely N-dealkylation sites (tertiary alicyclic amines) is 1. The maximum atomic E-state index is 13.1.